The van der Waals surface area contributed by atoms with E-state index in [4.69, 9.17) is 0 Å². The van der Waals surface area contributed by atoms with Crippen LogP contribution in [0.4, 0.5) is 0 Å². The summed E-state index contributed by atoms with van der Waals surface area (Å²) in [5, 5.41) is 0. The summed E-state index contributed by atoms with van der Waals surface area (Å²) in [5.41, 5.74) is 4.36. The van der Waals surface area contributed by atoms with E-state index < -0.39 is 0 Å². The molecule has 0 bridgehead atoms. The maximum absolute atomic E-state index is 2.41. The highest BCUT2D eigenvalue weighted by molar-refractivity contribution is 5.02. The second kappa shape index (κ2) is 19.2. The third-order valence-corrected chi connectivity index (χ3v) is 4.30. The van der Waals surface area contributed by atoms with Gasteiger partial charge in [0.05, 0.1) is 0 Å². The third kappa shape index (κ3) is 22.4. The first-order chi connectivity index (χ1) is 13.0. The zero-order valence-electron chi connectivity index (χ0n) is 18.8. The van der Waals surface area contributed by atoms with E-state index in [2.05, 4.69) is 89.3 Å². The highest BCUT2D eigenvalue weighted by Crippen LogP contribution is 2.09. The van der Waals surface area contributed by atoms with E-state index in [0.29, 0.717) is 0 Å². The first-order valence-corrected chi connectivity index (χ1v) is 10.9. The highest BCUT2D eigenvalue weighted by atomic mass is 13.9. The van der Waals surface area contributed by atoms with E-state index in [-0.39, 0.29) is 0 Å². The van der Waals surface area contributed by atoms with Crippen molar-refractivity contribution < 1.29 is 0 Å². The molecule has 27 heavy (non-hydrogen) atoms. The zero-order chi connectivity index (χ0) is 20.2. The molecule has 0 unspecified atom stereocenters. The number of hydrogen-bond acceptors (Lipinski definition) is 0. The van der Waals surface area contributed by atoms with E-state index in [0.717, 1.165) is 0 Å². The summed E-state index contributed by atoms with van der Waals surface area (Å²) < 4.78 is 0. The summed E-state index contributed by atoms with van der Waals surface area (Å²) in [7, 11) is 0. The van der Waals surface area contributed by atoms with Crippen molar-refractivity contribution in [1.82, 2.24) is 0 Å². The van der Waals surface area contributed by atoms with Crippen LogP contribution in [-0.2, 0) is 0 Å². The Morgan fingerprint density at radius 3 is 1.15 bits per heavy atom. The third-order valence-electron chi connectivity index (χ3n) is 4.30. The smallest absolute Gasteiger partial charge is 0.0288 e. The first kappa shape index (κ1) is 25.4. The van der Waals surface area contributed by atoms with Crippen LogP contribution in [0.25, 0.3) is 0 Å². The van der Waals surface area contributed by atoms with Gasteiger partial charge in [-0.2, -0.15) is 0 Å². The van der Waals surface area contributed by atoms with Gasteiger partial charge in [-0.15, -0.1) is 0 Å². The molecule has 0 amide bonds. The average molecular weight is 369 g/mol. The van der Waals surface area contributed by atoms with Crippen LogP contribution < -0.4 is 0 Å². The molecule has 0 saturated carbocycles. The molecule has 0 heterocycles. The van der Waals surface area contributed by atoms with Crippen LogP contribution in [0.1, 0.15) is 98.8 Å². The molecular weight excluding hydrogens is 324 g/mol. The van der Waals surface area contributed by atoms with Gasteiger partial charge in [0.2, 0.25) is 0 Å². The number of allylic oxidation sites excluding steroid dienone is 12. The minimum Gasteiger partial charge on any atom is -0.0882 e. The SMILES string of the molecule is CC(C)=CCC/C=C/CC/C=C/CC/C=C(\C)CC/C=C/CCC=C(C)C. The van der Waals surface area contributed by atoms with Crippen molar-refractivity contribution in [2.75, 3.05) is 0 Å². The Labute approximate surface area is 170 Å². The van der Waals surface area contributed by atoms with E-state index in [1.165, 1.54) is 80.9 Å². The molecule has 0 aromatic rings. The summed E-state index contributed by atoms with van der Waals surface area (Å²) in [6.45, 7) is 10.9. The monoisotopic (exact) mass is 368 g/mol. The topological polar surface area (TPSA) is 0 Å². The number of hydrogen-bond donors (Lipinski definition) is 0. The lowest BCUT2D eigenvalue weighted by atomic mass is 10.1. The quantitative estimate of drug-likeness (QED) is 0.199. The molecule has 0 heteroatoms. The van der Waals surface area contributed by atoms with Gasteiger partial charge in [-0.1, -0.05) is 71.4 Å². The molecule has 0 N–H and O–H groups in total. The molecule has 0 atom stereocenters. The Morgan fingerprint density at radius 1 is 0.407 bits per heavy atom. The molecule has 0 aromatic carbocycles. The van der Waals surface area contributed by atoms with Crippen LogP contribution in [0.3, 0.4) is 0 Å². The standard InChI is InChI=1S/C27H44/c1-25(2)21-17-13-10-8-6-7-9-11-15-19-23-27(5)24-20-16-12-14-18-22-26(3)4/h8-12,16,21-23H,6-7,13-15,17-20,24H2,1-5H3/b10-8+,11-9+,16-12+,27-23+. The van der Waals surface area contributed by atoms with E-state index >= 15 is 0 Å². The lowest BCUT2D eigenvalue weighted by Crippen LogP contribution is -1.77. The van der Waals surface area contributed by atoms with Crippen LogP contribution in [0.2, 0.25) is 0 Å². The molecule has 0 aliphatic heterocycles. The Hall–Kier alpha value is -1.56. The maximum atomic E-state index is 2.41. The van der Waals surface area contributed by atoms with Gasteiger partial charge < -0.3 is 0 Å². The van der Waals surface area contributed by atoms with Gasteiger partial charge in [-0.3, -0.25) is 0 Å². The first-order valence-electron chi connectivity index (χ1n) is 10.9. The Bertz CT molecular complexity index is 512. The molecule has 152 valence electrons. The molecule has 0 fully saturated rings. The van der Waals surface area contributed by atoms with Gasteiger partial charge in [0, 0.05) is 0 Å². The van der Waals surface area contributed by atoms with Crippen molar-refractivity contribution in [2.24, 2.45) is 0 Å². The zero-order valence-corrected chi connectivity index (χ0v) is 18.8. The van der Waals surface area contributed by atoms with Gasteiger partial charge >= 0.3 is 0 Å². The van der Waals surface area contributed by atoms with Crippen LogP contribution in [-0.4, -0.2) is 0 Å². The molecule has 0 nitrogen and oxygen atoms in total. The van der Waals surface area contributed by atoms with Crippen LogP contribution in [0.15, 0.2) is 71.4 Å². The van der Waals surface area contributed by atoms with Crippen molar-refractivity contribution >= 4 is 0 Å². The summed E-state index contributed by atoms with van der Waals surface area (Å²) in [5.74, 6) is 0. The lowest BCUT2D eigenvalue weighted by Gasteiger charge is -1.98. The second-order valence-electron chi connectivity index (χ2n) is 7.88. The van der Waals surface area contributed by atoms with Gasteiger partial charge in [-0.05, 0) is 98.8 Å². The van der Waals surface area contributed by atoms with Gasteiger partial charge in [0.1, 0.15) is 0 Å². The van der Waals surface area contributed by atoms with E-state index in [1.54, 1.807) is 0 Å². The van der Waals surface area contributed by atoms with Crippen molar-refractivity contribution in [3.05, 3.63) is 71.4 Å². The molecule has 0 rings (SSSR count). The van der Waals surface area contributed by atoms with Gasteiger partial charge in [0.15, 0.2) is 0 Å². The molecule has 0 saturated heterocycles. The second-order valence-corrected chi connectivity index (χ2v) is 7.88. The van der Waals surface area contributed by atoms with Crippen molar-refractivity contribution in [2.45, 2.75) is 98.8 Å². The highest BCUT2D eigenvalue weighted by Gasteiger charge is 1.88. The predicted octanol–water partition coefficient (Wildman–Crippen LogP) is 9.43. The maximum Gasteiger partial charge on any atom is -0.0288 e. The largest absolute Gasteiger partial charge is 0.0882 e. The molecular formula is C27H44. The summed E-state index contributed by atoms with van der Waals surface area (Å²) in [4.78, 5) is 0. The summed E-state index contributed by atoms with van der Waals surface area (Å²) >= 11 is 0. The van der Waals surface area contributed by atoms with Crippen molar-refractivity contribution in [3.63, 3.8) is 0 Å². The van der Waals surface area contributed by atoms with Crippen LogP contribution in [0, 0.1) is 0 Å². The average Bonchev–Trinajstić information content (AvgIpc) is 2.61. The number of unbranched alkanes of at least 4 members (excludes halogenated alkanes) is 4. The summed E-state index contributed by atoms with van der Waals surface area (Å²) in [6, 6.07) is 0. The molecule has 0 aliphatic carbocycles. The van der Waals surface area contributed by atoms with Crippen LogP contribution in [0.5, 0.6) is 0 Å². The van der Waals surface area contributed by atoms with E-state index in [9.17, 15) is 0 Å². The van der Waals surface area contributed by atoms with E-state index in [1.807, 2.05) is 0 Å². The minimum atomic E-state index is 1.17. The predicted molar refractivity (Wildman–Crippen MR) is 126 cm³/mol. The lowest BCUT2D eigenvalue weighted by molar-refractivity contribution is 0.929. The normalized spacial score (nSPS) is 12.4. The Kier molecular flexibility index (Phi) is 18.1. The van der Waals surface area contributed by atoms with Gasteiger partial charge in [0.25, 0.3) is 0 Å². The molecule has 0 aliphatic rings. The van der Waals surface area contributed by atoms with Gasteiger partial charge in [-0.25, -0.2) is 0 Å². The summed E-state index contributed by atoms with van der Waals surface area (Å²) in [6.07, 6.45) is 32.7. The fourth-order valence-corrected chi connectivity index (χ4v) is 2.68. The molecule has 0 spiro atoms. The molecule has 0 aromatic heterocycles. The minimum absolute atomic E-state index is 1.17. The fraction of sp³-hybridized carbons (Fsp3) is 0.556. The fourth-order valence-electron chi connectivity index (χ4n) is 2.68. The van der Waals surface area contributed by atoms with Crippen molar-refractivity contribution in [1.29, 1.82) is 0 Å². The van der Waals surface area contributed by atoms with Crippen molar-refractivity contribution in [3.8, 4) is 0 Å². The Morgan fingerprint density at radius 2 is 0.741 bits per heavy atom. The Balaban J connectivity index is 3.61. The van der Waals surface area contributed by atoms with Crippen LogP contribution >= 0.6 is 0 Å². The molecule has 0 radical (unpaired) electrons. The number of rotatable bonds is 15.